The molecule has 114 valence electrons. The summed E-state index contributed by atoms with van der Waals surface area (Å²) >= 11 is 1.51. The number of carbonyl (C=O) groups excluding carboxylic acids is 1. The van der Waals surface area contributed by atoms with Crippen molar-refractivity contribution in [3.05, 3.63) is 21.3 Å². The lowest BCUT2D eigenvalue weighted by atomic mass is 10.2. The van der Waals surface area contributed by atoms with Crippen molar-refractivity contribution in [3.8, 4) is 0 Å². The van der Waals surface area contributed by atoms with Crippen LogP contribution in [-0.4, -0.2) is 26.0 Å². The monoisotopic (exact) mass is 308 g/mol. The first kappa shape index (κ1) is 15.4. The fourth-order valence-electron chi connectivity index (χ4n) is 2.01. The van der Waals surface area contributed by atoms with Crippen molar-refractivity contribution in [2.75, 3.05) is 5.32 Å². The average molecular weight is 308 g/mol. The number of amides is 2. The highest BCUT2D eigenvalue weighted by Crippen LogP contribution is 2.18. The van der Waals surface area contributed by atoms with Gasteiger partial charge in [0.2, 0.25) is 0 Å². The standard InChI is InChI=1S/C13H20N6OS/c1-5-9-8(3)12(19(4)18-9)15-13(20)14-7-11-17-16-10(6-2)21-11/h5-7H2,1-4H3,(H2,14,15,20). The number of nitrogens with one attached hydrogen (secondary N) is 2. The number of hydrogen-bond donors (Lipinski definition) is 2. The third kappa shape index (κ3) is 3.57. The summed E-state index contributed by atoms with van der Waals surface area (Å²) in [7, 11) is 1.82. The van der Waals surface area contributed by atoms with Gasteiger partial charge in [0.15, 0.2) is 0 Å². The van der Waals surface area contributed by atoms with E-state index in [1.807, 2.05) is 27.8 Å². The molecule has 2 aromatic heterocycles. The molecular formula is C13H20N6OS. The summed E-state index contributed by atoms with van der Waals surface area (Å²) < 4.78 is 1.69. The van der Waals surface area contributed by atoms with Crippen LogP contribution in [0.4, 0.5) is 10.6 Å². The van der Waals surface area contributed by atoms with Crippen LogP contribution >= 0.6 is 11.3 Å². The van der Waals surface area contributed by atoms with Crippen LogP contribution in [0.3, 0.4) is 0 Å². The fourth-order valence-corrected chi connectivity index (χ4v) is 2.73. The Hall–Kier alpha value is -1.96. The van der Waals surface area contributed by atoms with E-state index < -0.39 is 0 Å². The smallest absolute Gasteiger partial charge is 0.320 e. The molecular weight excluding hydrogens is 288 g/mol. The second-order valence-corrected chi connectivity index (χ2v) is 5.79. The number of nitrogens with zero attached hydrogens (tertiary/aromatic N) is 4. The van der Waals surface area contributed by atoms with E-state index in [4.69, 9.17) is 0 Å². The van der Waals surface area contributed by atoms with Crippen LogP contribution in [-0.2, 0) is 26.4 Å². The fraction of sp³-hybridized carbons (Fsp3) is 0.538. The minimum atomic E-state index is -0.267. The Morgan fingerprint density at radius 3 is 2.52 bits per heavy atom. The number of rotatable bonds is 5. The van der Waals surface area contributed by atoms with Crippen molar-refractivity contribution < 1.29 is 4.79 Å². The lowest BCUT2D eigenvalue weighted by Crippen LogP contribution is -2.29. The molecule has 0 saturated carbocycles. The zero-order chi connectivity index (χ0) is 15.4. The molecule has 0 aliphatic rings. The summed E-state index contributed by atoms with van der Waals surface area (Å²) in [6.45, 7) is 6.40. The van der Waals surface area contributed by atoms with Gasteiger partial charge < -0.3 is 5.32 Å². The molecule has 0 aliphatic carbocycles. The summed E-state index contributed by atoms with van der Waals surface area (Å²) in [6, 6.07) is -0.267. The second-order valence-electron chi connectivity index (χ2n) is 4.65. The van der Waals surface area contributed by atoms with Crippen molar-refractivity contribution in [2.45, 2.75) is 40.2 Å². The Morgan fingerprint density at radius 2 is 1.95 bits per heavy atom. The number of carbonyl (C=O) groups is 1. The van der Waals surface area contributed by atoms with Crippen LogP contribution in [0.15, 0.2) is 0 Å². The molecule has 0 atom stereocenters. The van der Waals surface area contributed by atoms with Gasteiger partial charge in [0.1, 0.15) is 15.8 Å². The highest BCUT2D eigenvalue weighted by molar-refractivity contribution is 7.11. The molecule has 0 unspecified atom stereocenters. The van der Waals surface area contributed by atoms with Gasteiger partial charge >= 0.3 is 6.03 Å². The van der Waals surface area contributed by atoms with Crippen LogP contribution in [0, 0.1) is 6.92 Å². The summed E-state index contributed by atoms with van der Waals surface area (Å²) in [4.78, 5) is 12.0. The number of urea groups is 1. The maximum absolute atomic E-state index is 12.0. The number of anilines is 1. The van der Waals surface area contributed by atoms with E-state index >= 15 is 0 Å². The zero-order valence-corrected chi connectivity index (χ0v) is 13.5. The van der Waals surface area contributed by atoms with E-state index in [9.17, 15) is 4.79 Å². The first-order chi connectivity index (χ1) is 10.0. The highest BCUT2D eigenvalue weighted by Gasteiger charge is 2.13. The molecule has 0 saturated heterocycles. The normalized spacial score (nSPS) is 10.7. The molecule has 7 nitrogen and oxygen atoms in total. The highest BCUT2D eigenvalue weighted by atomic mass is 32.1. The van der Waals surface area contributed by atoms with Gasteiger partial charge in [-0.1, -0.05) is 25.2 Å². The van der Waals surface area contributed by atoms with Gasteiger partial charge in [-0.05, 0) is 19.8 Å². The predicted molar refractivity (Wildman–Crippen MR) is 82.5 cm³/mol. The van der Waals surface area contributed by atoms with Crippen molar-refractivity contribution in [3.63, 3.8) is 0 Å². The first-order valence-corrected chi connectivity index (χ1v) is 7.75. The molecule has 0 bridgehead atoms. The van der Waals surface area contributed by atoms with Crippen LogP contribution in [0.2, 0.25) is 0 Å². The topological polar surface area (TPSA) is 84.7 Å². The molecule has 2 heterocycles. The summed E-state index contributed by atoms with van der Waals surface area (Å²) in [5.41, 5.74) is 1.99. The van der Waals surface area contributed by atoms with Gasteiger partial charge in [-0.15, -0.1) is 10.2 Å². The van der Waals surface area contributed by atoms with E-state index in [0.717, 1.165) is 39.9 Å². The van der Waals surface area contributed by atoms with Crippen molar-refractivity contribution in [1.29, 1.82) is 0 Å². The largest absolute Gasteiger partial charge is 0.331 e. The molecule has 2 rings (SSSR count). The van der Waals surface area contributed by atoms with Gasteiger partial charge in [0.25, 0.3) is 0 Å². The Kier molecular flexibility index (Phi) is 4.89. The summed E-state index contributed by atoms with van der Waals surface area (Å²) in [5, 5.41) is 19.8. The van der Waals surface area contributed by atoms with E-state index in [1.54, 1.807) is 4.68 Å². The molecule has 2 amide bonds. The maximum Gasteiger partial charge on any atom is 0.320 e. The third-order valence-corrected chi connectivity index (χ3v) is 4.23. The van der Waals surface area contributed by atoms with E-state index in [0.29, 0.717) is 6.54 Å². The van der Waals surface area contributed by atoms with Crippen molar-refractivity contribution >= 4 is 23.2 Å². The molecule has 0 spiro atoms. The molecule has 8 heteroatoms. The second kappa shape index (κ2) is 6.66. The lowest BCUT2D eigenvalue weighted by Gasteiger charge is -2.07. The SMILES string of the molecule is CCc1nnc(CNC(=O)Nc2c(C)c(CC)nn2C)s1. The lowest BCUT2D eigenvalue weighted by molar-refractivity contribution is 0.251. The zero-order valence-electron chi connectivity index (χ0n) is 12.7. The molecule has 0 radical (unpaired) electrons. The quantitative estimate of drug-likeness (QED) is 0.885. The van der Waals surface area contributed by atoms with Crippen LogP contribution in [0.25, 0.3) is 0 Å². The van der Waals surface area contributed by atoms with Gasteiger partial charge in [-0.3, -0.25) is 10.00 Å². The van der Waals surface area contributed by atoms with E-state index in [-0.39, 0.29) is 6.03 Å². The molecule has 0 aromatic carbocycles. The Labute approximate surface area is 127 Å². The van der Waals surface area contributed by atoms with Gasteiger partial charge in [0, 0.05) is 12.6 Å². The number of aromatic nitrogens is 4. The average Bonchev–Trinajstić information content (AvgIpc) is 3.04. The van der Waals surface area contributed by atoms with Gasteiger partial charge in [-0.2, -0.15) is 5.10 Å². The molecule has 2 aromatic rings. The number of hydrogen-bond acceptors (Lipinski definition) is 5. The van der Waals surface area contributed by atoms with Crippen molar-refractivity contribution in [1.82, 2.24) is 25.3 Å². The van der Waals surface area contributed by atoms with E-state index in [1.165, 1.54) is 11.3 Å². The summed E-state index contributed by atoms with van der Waals surface area (Å²) in [6.07, 6.45) is 1.70. The minimum absolute atomic E-state index is 0.267. The summed E-state index contributed by atoms with van der Waals surface area (Å²) in [5.74, 6) is 0.718. The van der Waals surface area contributed by atoms with Crippen molar-refractivity contribution in [2.24, 2.45) is 7.05 Å². The molecule has 0 fully saturated rings. The Bertz CT molecular complexity index is 633. The maximum atomic E-state index is 12.0. The third-order valence-electron chi connectivity index (χ3n) is 3.16. The van der Waals surface area contributed by atoms with E-state index in [2.05, 4.69) is 25.9 Å². The predicted octanol–water partition coefficient (Wildman–Crippen LogP) is 2.03. The van der Waals surface area contributed by atoms with Gasteiger partial charge in [0.05, 0.1) is 12.2 Å². The Morgan fingerprint density at radius 1 is 1.24 bits per heavy atom. The molecule has 2 N–H and O–H groups in total. The Balaban J connectivity index is 1.94. The van der Waals surface area contributed by atoms with Gasteiger partial charge in [-0.25, -0.2) is 4.79 Å². The number of aryl methyl sites for hydroxylation is 3. The molecule has 0 aliphatic heterocycles. The van der Waals surface area contributed by atoms with Crippen LogP contribution in [0.1, 0.15) is 35.1 Å². The van der Waals surface area contributed by atoms with Crippen LogP contribution < -0.4 is 10.6 Å². The first-order valence-electron chi connectivity index (χ1n) is 6.93. The molecule has 21 heavy (non-hydrogen) atoms. The minimum Gasteiger partial charge on any atom is -0.331 e. The van der Waals surface area contributed by atoms with Crippen LogP contribution in [0.5, 0.6) is 0 Å².